The molecule has 200 valence electrons. The lowest BCUT2D eigenvalue weighted by Gasteiger charge is -2.39. The summed E-state index contributed by atoms with van der Waals surface area (Å²) in [6.07, 6.45) is 3.15. The van der Waals surface area contributed by atoms with Crippen molar-refractivity contribution in [1.82, 2.24) is 19.8 Å². The fraction of sp³-hybridized carbons (Fsp3) is 0.400. The molecule has 3 rings (SSSR count). The van der Waals surface area contributed by atoms with Crippen LogP contribution in [0.1, 0.15) is 31.4 Å². The van der Waals surface area contributed by atoms with Gasteiger partial charge in [-0.1, -0.05) is 48.5 Å². The number of nitrogens with one attached hydrogen (secondary N) is 2. The molecule has 1 saturated heterocycles. The van der Waals surface area contributed by atoms with E-state index in [0.717, 1.165) is 10.4 Å². The van der Waals surface area contributed by atoms with E-state index in [1.165, 1.54) is 22.4 Å². The molecule has 0 aromatic heterocycles. The number of fused-ring (bicyclic) bond motifs is 1. The highest BCUT2D eigenvalue weighted by Gasteiger charge is 2.33. The lowest BCUT2D eigenvalue weighted by molar-refractivity contribution is -0.131. The van der Waals surface area contributed by atoms with Crippen LogP contribution in [-0.2, 0) is 24.6 Å². The van der Waals surface area contributed by atoms with Gasteiger partial charge in [-0.2, -0.15) is 12.7 Å². The van der Waals surface area contributed by atoms with Crippen molar-refractivity contribution in [1.29, 1.82) is 0 Å². The number of amides is 2. The van der Waals surface area contributed by atoms with Crippen molar-refractivity contribution in [3.05, 3.63) is 60.2 Å². The molecule has 2 aromatic rings. The van der Waals surface area contributed by atoms with E-state index in [0.29, 0.717) is 25.9 Å². The first-order chi connectivity index (χ1) is 17.6. The van der Waals surface area contributed by atoms with E-state index in [1.807, 2.05) is 18.2 Å². The highest BCUT2D eigenvalue weighted by Crippen LogP contribution is 2.31. The van der Waals surface area contributed by atoms with Crippen LogP contribution in [0.25, 0.3) is 10.8 Å². The summed E-state index contributed by atoms with van der Waals surface area (Å²) in [5, 5.41) is 21.1. The average molecular weight is 532 g/mol. The lowest BCUT2D eigenvalue weighted by atomic mass is 9.96. The second-order valence-corrected chi connectivity index (χ2v) is 10.4. The SMILES string of the molecule is CC(c1cccc2ccccc12)N1CCC(N(CC(=O)NCC(=O)NC/C=C/C(=O)O)S(N)(=O)=O)CC1. The van der Waals surface area contributed by atoms with Crippen molar-refractivity contribution in [2.24, 2.45) is 5.14 Å². The predicted molar refractivity (Wildman–Crippen MR) is 140 cm³/mol. The van der Waals surface area contributed by atoms with Crippen molar-refractivity contribution in [2.75, 3.05) is 32.7 Å². The van der Waals surface area contributed by atoms with Crippen molar-refractivity contribution in [3.63, 3.8) is 0 Å². The molecule has 0 saturated carbocycles. The summed E-state index contributed by atoms with van der Waals surface area (Å²) in [7, 11) is -4.15. The van der Waals surface area contributed by atoms with Crippen LogP contribution in [0.4, 0.5) is 0 Å². The zero-order valence-corrected chi connectivity index (χ0v) is 21.5. The molecule has 0 aliphatic carbocycles. The molecule has 2 aromatic carbocycles. The van der Waals surface area contributed by atoms with Gasteiger partial charge in [-0.25, -0.2) is 9.93 Å². The van der Waals surface area contributed by atoms with Gasteiger partial charge in [0.05, 0.1) is 13.1 Å². The molecule has 1 heterocycles. The summed E-state index contributed by atoms with van der Waals surface area (Å²) in [6.45, 7) is 2.52. The van der Waals surface area contributed by atoms with Crippen LogP contribution < -0.4 is 15.8 Å². The highest BCUT2D eigenvalue weighted by molar-refractivity contribution is 7.86. The van der Waals surface area contributed by atoms with E-state index < -0.39 is 40.6 Å². The zero-order chi connectivity index (χ0) is 27.0. The van der Waals surface area contributed by atoms with Crippen molar-refractivity contribution in [2.45, 2.75) is 31.8 Å². The van der Waals surface area contributed by atoms with Gasteiger partial charge in [-0.15, -0.1) is 0 Å². The maximum Gasteiger partial charge on any atom is 0.328 e. The predicted octanol–water partition coefficient (Wildman–Crippen LogP) is 0.744. The van der Waals surface area contributed by atoms with E-state index in [2.05, 4.69) is 46.7 Å². The van der Waals surface area contributed by atoms with E-state index in [1.54, 1.807) is 0 Å². The molecule has 1 unspecified atom stereocenters. The minimum Gasteiger partial charge on any atom is -0.478 e. The number of piperidine rings is 1. The molecule has 0 radical (unpaired) electrons. The molecule has 0 bridgehead atoms. The third-order valence-electron chi connectivity index (χ3n) is 6.48. The Labute approximate surface area is 216 Å². The number of carboxylic acid groups (broad SMARTS) is 1. The summed E-state index contributed by atoms with van der Waals surface area (Å²) in [5.74, 6) is -2.34. The van der Waals surface area contributed by atoms with Crippen LogP contribution in [0.3, 0.4) is 0 Å². The Hall–Kier alpha value is -3.32. The number of nitrogens with two attached hydrogens (primary N) is 1. The van der Waals surface area contributed by atoms with Crippen LogP contribution in [0.15, 0.2) is 54.6 Å². The summed E-state index contributed by atoms with van der Waals surface area (Å²) >= 11 is 0. The Morgan fingerprint density at radius 3 is 2.46 bits per heavy atom. The molecule has 5 N–H and O–H groups in total. The molecule has 1 aliphatic heterocycles. The van der Waals surface area contributed by atoms with Crippen LogP contribution in [0.2, 0.25) is 0 Å². The van der Waals surface area contributed by atoms with E-state index in [-0.39, 0.29) is 19.1 Å². The normalized spacial score (nSPS) is 16.2. The monoisotopic (exact) mass is 531 g/mol. The minimum atomic E-state index is -4.15. The Morgan fingerprint density at radius 2 is 1.78 bits per heavy atom. The molecule has 1 aliphatic rings. The topological polar surface area (TPSA) is 162 Å². The van der Waals surface area contributed by atoms with Crippen LogP contribution in [0, 0.1) is 0 Å². The molecule has 11 nitrogen and oxygen atoms in total. The second kappa shape index (κ2) is 12.8. The Balaban J connectivity index is 1.55. The lowest BCUT2D eigenvalue weighted by Crippen LogP contribution is -2.53. The molecule has 12 heteroatoms. The van der Waals surface area contributed by atoms with E-state index >= 15 is 0 Å². The average Bonchev–Trinajstić information content (AvgIpc) is 2.87. The molecular formula is C25H33N5O6S. The molecule has 2 amide bonds. The maximum atomic E-state index is 12.4. The third kappa shape index (κ3) is 8.09. The molecular weight excluding hydrogens is 498 g/mol. The van der Waals surface area contributed by atoms with Gasteiger partial charge in [0.1, 0.15) is 0 Å². The standard InChI is InChI=1S/C25H33N5O6S/c1-18(21-9-4-7-19-6-2-3-8-22(19)21)29-14-11-20(12-15-29)30(37(26,35)36)17-24(32)28-16-23(31)27-13-5-10-25(33)34/h2-10,18,20H,11-17H2,1H3,(H,27,31)(H,28,32)(H,33,34)(H2,26,35,36)/b10-5+. The van der Waals surface area contributed by atoms with Crippen molar-refractivity contribution in [3.8, 4) is 0 Å². The number of carbonyl (C=O) groups excluding carboxylic acids is 2. The van der Waals surface area contributed by atoms with Crippen LogP contribution >= 0.6 is 0 Å². The highest BCUT2D eigenvalue weighted by atomic mass is 32.2. The smallest absolute Gasteiger partial charge is 0.328 e. The van der Waals surface area contributed by atoms with Gasteiger partial charge < -0.3 is 15.7 Å². The van der Waals surface area contributed by atoms with Crippen molar-refractivity contribution < 1.29 is 27.9 Å². The number of carbonyl (C=O) groups is 3. The fourth-order valence-electron chi connectivity index (χ4n) is 4.57. The second-order valence-electron chi connectivity index (χ2n) is 8.92. The Morgan fingerprint density at radius 1 is 1.11 bits per heavy atom. The van der Waals surface area contributed by atoms with Crippen molar-refractivity contribution >= 4 is 38.8 Å². The van der Waals surface area contributed by atoms with Gasteiger partial charge in [-0.3, -0.25) is 14.5 Å². The summed E-state index contributed by atoms with van der Waals surface area (Å²) in [5.41, 5.74) is 1.20. The molecule has 1 atom stereocenters. The molecule has 1 fully saturated rings. The Kier molecular flexibility index (Phi) is 9.75. The first kappa shape index (κ1) is 28.3. The number of hydrogen-bond acceptors (Lipinski definition) is 6. The number of benzene rings is 2. The quantitative estimate of drug-likeness (QED) is 0.311. The fourth-order valence-corrected chi connectivity index (χ4v) is 5.49. The summed E-state index contributed by atoms with van der Waals surface area (Å²) < 4.78 is 25.6. The minimum absolute atomic E-state index is 0.0138. The maximum absolute atomic E-state index is 12.4. The number of carboxylic acids is 1. The number of aliphatic carboxylic acids is 1. The summed E-state index contributed by atoms with van der Waals surface area (Å²) in [4.78, 5) is 36.9. The first-order valence-corrected chi connectivity index (χ1v) is 13.5. The number of hydrogen-bond donors (Lipinski definition) is 4. The molecule has 0 spiro atoms. The van der Waals surface area contributed by atoms with Crippen LogP contribution in [0.5, 0.6) is 0 Å². The largest absolute Gasteiger partial charge is 0.478 e. The van der Waals surface area contributed by atoms with Crippen LogP contribution in [-0.4, -0.2) is 79.3 Å². The number of nitrogens with zero attached hydrogens (tertiary/aromatic N) is 2. The number of rotatable bonds is 11. The zero-order valence-electron chi connectivity index (χ0n) is 20.7. The van der Waals surface area contributed by atoms with Gasteiger partial charge in [0, 0.05) is 37.8 Å². The molecule has 37 heavy (non-hydrogen) atoms. The first-order valence-electron chi connectivity index (χ1n) is 12.0. The van der Waals surface area contributed by atoms with Gasteiger partial charge >= 0.3 is 5.97 Å². The van der Waals surface area contributed by atoms with E-state index in [4.69, 9.17) is 10.2 Å². The van der Waals surface area contributed by atoms with Gasteiger partial charge in [0.2, 0.25) is 11.8 Å². The van der Waals surface area contributed by atoms with Gasteiger partial charge in [0.15, 0.2) is 0 Å². The van der Waals surface area contributed by atoms with Gasteiger partial charge in [0.25, 0.3) is 10.2 Å². The Bertz CT molecular complexity index is 1250. The van der Waals surface area contributed by atoms with E-state index in [9.17, 15) is 22.8 Å². The van der Waals surface area contributed by atoms with Gasteiger partial charge in [-0.05, 0) is 36.1 Å². The third-order valence-corrected chi connectivity index (χ3v) is 7.56. The number of likely N-dealkylation sites (tertiary alicyclic amines) is 1. The summed E-state index contributed by atoms with van der Waals surface area (Å²) in [6, 6.07) is 14.1.